The molecule has 1 unspecified atom stereocenters. The lowest BCUT2D eigenvalue weighted by Crippen LogP contribution is -2.29. The minimum atomic E-state index is 0.154. The number of carbonyl (C=O) groups excluding carboxylic acids is 1. The van der Waals surface area contributed by atoms with Gasteiger partial charge in [-0.3, -0.25) is 4.79 Å². The van der Waals surface area contributed by atoms with Gasteiger partial charge in [0, 0.05) is 51.1 Å². The Hall–Kier alpha value is -2.30. The summed E-state index contributed by atoms with van der Waals surface area (Å²) in [6.07, 6.45) is 4.18. The molecular weight excluding hydrogens is 264 g/mol. The van der Waals surface area contributed by atoms with Crippen molar-refractivity contribution >= 4 is 11.6 Å². The number of benzene rings is 1. The van der Waals surface area contributed by atoms with Crippen LogP contribution in [0.1, 0.15) is 23.7 Å². The maximum Gasteiger partial charge on any atom is 0.223 e. The lowest BCUT2D eigenvalue weighted by Gasteiger charge is -2.19. The highest BCUT2D eigenvalue weighted by molar-refractivity contribution is 5.78. The molecule has 2 heterocycles. The minimum absolute atomic E-state index is 0.154. The molecule has 1 aliphatic rings. The summed E-state index contributed by atoms with van der Waals surface area (Å²) >= 11 is 0. The molecule has 110 valence electrons. The van der Waals surface area contributed by atoms with E-state index in [1.165, 1.54) is 5.56 Å². The Morgan fingerprint density at radius 3 is 3.05 bits per heavy atom. The van der Waals surface area contributed by atoms with Gasteiger partial charge in [0.25, 0.3) is 0 Å². The number of carbonyl (C=O) groups is 1. The lowest BCUT2D eigenvalue weighted by atomic mass is 9.97. The zero-order valence-corrected chi connectivity index (χ0v) is 12.4. The fourth-order valence-electron chi connectivity index (χ4n) is 2.75. The van der Waals surface area contributed by atoms with Gasteiger partial charge in [-0.15, -0.1) is 0 Å². The van der Waals surface area contributed by atoms with E-state index in [0.29, 0.717) is 13.0 Å². The molecule has 0 saturated carbocycles. The number of anilines is 1. The van der Waals surface area contributed by atoms with Gasteiger partial charge in [-0.2, -0.15) is 0 Å². The number of imidazole rings is 1. The largest absolute Gasteiger partial charge is 0.384 e. The molecule has 0 aliphatic carbocycles. The summed E-state index contributed by atoms with van der Waals surface area (Å²) in [7, 11) is 3.78. The normalized spacial score (nSPS) is 16.4. The van der Waals surface area contributed by atoms with Crippen LogP contribution in [-0.4, -0.2) is 34.0 Å². The first-order valence-corrected chi connectivity index (χ1v) is 7.18. The molecule has 21 heavy (non-hydrogen) atoms. The van der Waals surface area contributed by atoms with Crippen molar-refractivity contribution in [3.8, 4) is 0 Å². The quantitative estimate of drug-likeness (QED) is 0.934. The third-order valence-electron chi connectivity index (χ3n) is 4.09. The van der Waals surface area contributed by atoms with Crippen molar-refractivity contribution in [2.45, 2.75) is 18.9 Å². The van der Waals surface area contributed by atoms with E-state index in [9.17, 15) is 4.79 Å². The first-order chi connectivity index (χ1) is 10.1. The average Bonchev–Trinajstić information content (AvgIpc) is 3.07. The van der Waals surface area contributed by atoms with Crippen molar-refractivity contribution in [1.82, 2.24) is 14.5 Å². The smallest absolute Gasteiger partial charge is 0.223 e. The summed E-state index contributed by atoms with van der Waals surface area (Å²) in [6.45, 7) is 1.38. The van der Waals surface area contributed by atoms with Gasteiger partial charge in [-0.1, -0.05) is 18.2 Å². The van der Waals surface area contributed by atoms with Gasteiger partial charge in [0.1, 0.15) is 5.82 Å². The van der Waals surface area contributed by atoms with Crippen LogP contribution in [0.2, 0.25) is 0 Å². The third-order valence-corrected chi connectivity index (χ3v) is 4.09. The summed E-state index contributed by atoms with van der Waals surface area (Å²) in [4.78, 5) is 18.4. The van der Waals surface area contributed by atoms with Crippen LogP contribution in [0.5, 0.6) is 0 Å². The first-order valence-electron chi connectivity index (χ1n) is 7.18. The van der Waals surface area contributed by atoms with Crippen LogP contribution in [0, 0.1) is 0 Å². The van der Waals surface area contributed by atoms with Crippen molar-refractivity contribution in [3.63, 3.8) is 0 Å². The molecule has 0 spiro atoms. The van der Waals surface area contributed by atoms with E-state index in [1.807, 2.05) is 37.0 Å². The molecule has 3 rings (SSSR count). The molecule has 1 atom stereocenters. The highest BCUT2D eigenvalue weighted by atomic mass is 16.2. The molecule has 1 aromatic heterocycles. The number of para-hydroxylation sites is 1. The highest BCUT2D eigenvalue weighted by Crippen LogP contribution is 2.33. The zero-order chi connectivity index (χ0) is 14.8. The molecule has 1 aliphatic heterocycles. The fourth-order valence-corrected chi connectivity index (χ4v) is 2.75. The number of hydrogen-bond acceptors (Lipinski definition) is 3. The van der Waals surface area contributed by atoms with Crippen molar-refractivity contribution in [1.29, 1.82) is 0 Å². The van der Waals surface area contributed by atoms with Crippen LogP contribution in [0.15, 0.2) is 36.7 Å². The van der Waals surface area contributed by atoms with Crippen molar-refractivity contribution in [3.05, 3.63) is 48.0 Å². The van der Waals surface area contributed by atoms with Crippen LogP contribution in [0.3, 0.4) is 0 Å². The zero-order valence-electron chi connectivity index (χ0n) is 12.4. The van der Waals surface area contributed by atoms with E-state index in [-0.39, 0.29) is 11.8 Å². The number of aryl methyl sites for hydroxylation is 1. The SMILES string of the molecule is CN(Cc1nccn1C)C(=O)CC1CNc2ccccc21. The summed E-state index contributed by atoms with van der Waals surface area (Å²) in [5.41, 5.74) is 2.40. The van der Waals surface area contributed by atoms with Crippen LogP contribution in [0.4, 0.5) is 5.69 Å². The Morgan fingerprint density at radius 1 is 1.48 bits per heavy atom. The van der Waals surface area contributed by atoms with Crippen LogP contribution >= 0.6 is 0 Å². The number of aromatic nitrogens is 2. The summed E-state index contributed by atoms with van der Waals surface area (Å²) in [6, 6.07) is 8.22. The molecule has 0 saturated heterocycles. The standard InChI is InChI=1S/C16H20N4O/c1-19-8-7-17-15(19)11-20(2)16(21)9-12-10-18-14-6-4-3-5-13(12)14/h3-8,12,18H,9-11H2,1-2H3. The Morgan fingerprint density at radius 2 is 2.29 bits per heavy atom. The van der Waals surface area contributed by atoms with E-state index in [0.717, 1.165) is 18.1 Å². The molecule has 5 heteroatoms. The van der Waals surface area contributed by atoms with E-state index < -0.39 is 0 Å². The number of hydrogen-bond donors (Lipinski definition) is 1. The Kier molecular flexibility index (Phi) is 3.64. The molecule has 5 nitrogen and oxygen atoms in total. The topological polar surface area (TPSA) is 50.2 Å². The maximum absolute atomic E-state index is 12.4. The molecule has 2 aromatic rings. The van der Waals surface area contributed by atoms with Gasteiger partial charge >= 0.3 is 0 Å². The fraction of sp³-hybridized carbons (Fsp3) is 0.375. The monoisotopic (exact) mass is 284 g/mol. The molecule has 1 amide bonds. The van der Waals surface area contributed by atoms with Gasteiger partial charge in [0.15, 0.2) is 0 Å². The molecule has 1 aromatic carbocycles. The number of rotatable bonds is 4. The average molecular weight is 284 g/mol. The van der Waals surface area contributed by atoms with Crippen molar-refractivity contribution in [2.24, 2.45) is 7.05 Å². The van der Waals surface area contributed by atoms with Gasteiger partial charge in [0.2, 0.25) is 5.91 Å². The molecule has 0 fully saturated rings. The molecule has 0 bridgehead atoms. The number of amides is 1. The van der Waals surface area contributed by atoms with Crippen molar-refractivity contribution < 1.29 is 4.79 Å². The Balaban J connectivity index is 1.63. The summed E-state index contributed by atoms with van der Waals surface area (Å²) < 4.78 is 1.94. The van der Waals surface area contributed by atoms with E-state index >= 15 is 0 Å². The molecule has 0 radical (unpaired) electrons. The second-order valence-corrected chi connectivity index (χ2v) is 5.57. The predicted octanol–water partition coefficient (Wildman–Crippen LogP) is 1.98. The second-order valence-electron chi connectivity index (χ2n) is 5.57. The predicted molar refractivity (Wildman–Crippen MR) is 82.0 cm³/mol. The van der Waals surface area contributed by atoms with Crippen LogP contribution in [0.25, 0.3) is 0 Å². The van der Waals surface area contributed by atoms with Crippen LogP contribution in [-0.2, 0) is 18.4 Å². The molecular formula is C16H20N4O. The first kappa shape index (κ1) is 13.7. The number of nitrogens with zero attached hydrogens (tertiary/aromatic N) is 3. The second kappa shape index (κ2) is 5.60. The number of fused-ring (bicyclic) bond motifs is 1. The van der Waals surface area contributed by atoms with E-state index in [4.69, 9.17) is 0 Å². The Labute approximate surface area is 124 Å². The maximum atomic E-state index is 12.4. The van der Waals surface area contributed by atoms with Gasteiger partial charge in [0.05, 0.1) is 6.54 Å². The lowest BCUT2D eigenvalue weighted by molar-refractivity contribution is -0.130. The van der Waals surface area contributed by atoms with Crippen LogP contribution < -0.4 is 5.32 Å². The Bertz CT molecular complexity index is 649. The van der Waals surface area contributed by atoms with Gasteiger partial charge in [-0.05, 0) is 11.6 Å². The summed E-state index contributed by atoms with van der Waals surface area (Å²) in [5.74, 6) is 1.31. The highest BCUT2D eigenvalue weighted by Gasteiger charge is 2.25. The van der Waals surface area contributed by atoms with Gasteiger partial charge in [-0.25, -0.2) is 4.98 Å². The summed E-state index contributed by atoms with van der Waals surface area (Å²) in [5, 5.41) is 3.36. The van der Waals surface area contributed by atoms with Crippen molar-refractivity contribution in [2.75, 3.05) is 18.9 Å². The molecule has 1 N–H and O–H groups in total. The minimum Gasteiger partial charge on any atom is -0.384 e. The van der Waals surface area contributed by atoms with E-state index in [2.05, 4.69) is 22.4 Å². The van der Waals surface area contributed by atoms with E-state index in [1.54, 1.807) is 11.1 Å². The third kappa shape index (κ3) is 2.77. The van der Waals surface area contributed by atoms with Gasteiger partial charge < -0.3 is 14.8 Å². The number of nitrogens with one attached hydrogen (secondary N) is 1.